The third-order valence-corrected chi connectivity index (χ3v) is 6.53. The predicted octanol–water partition coefficient (Wildman–Crippen LogP) is 2.75. The van der Waals surface area contributed by atoms with Crippen LogP contribution in [0.3, 0.4) is 0 Å². The number of para-hydroxylation sites is 1. The summed E-state index contributed by atoms with van der Waals surface area (Å²) >= 11 is 0. The number of carbonyl (C=O) groups excluding carboxylic acids is 1. The topological polar surface area (TPSA) is 45.7 Å². The average Bonchev–Trinajstić information content (AvgIpc) is 3.33. The Bertz CT molecular complexity index is 824. The van der Waals surface area contributed by atoms with Gasteiger partial charge in [0.2, 0.25) is 5.91 Å². The Morgan fingerprint density at radius 3 is 2.63 bits per heavy atom. The van der Waals surface area contributed by atoms with Crippen molar-refractivity contribution in [3.8, 4) is 0 Å². The summed E-state index contributed by atoms with van der Waals surface area (Å²) in [7, 11) is 0. The lowest BCUT2D eigenvalue weighted by molar-refractivity contribution is -0.125. The third-order valence-electron chi connectivity index (χ3n) is 6.53. The minimum absolute atomic E-state index is 0.267. The molecule has 2 fully saturated rings. The van der Waals surface area contributed by atoms with Crippen LogP contribution in [0.15, 0.2) is 48.8 Å². The molecule has 0 aliphatic carbocycles. The van der Waals surface area contributed by atoms with E-state index in [9.17, 15) is 4.79 Å². The fourth-order valence-electron chi connectivity index (χ4n) is 4.99. The van der Waals surface area contributed by atoms with Crippen LogP contribution >= 0.6 is 0 Å². The van der Waals surface area contributed by atoms with Crippen molar-refractivity contribution in [3.63, 3.8) is 0 Å². The molecule has 5 rings (SSSR count). The number of carbonyl (C=O) groups is 1. The van der Waals surface area contributed by atoms with E-state index < -0.39 is 0 Å². The first-order chi connectivity index (χ1) is 13.3. The van der Waals surface area contributed by atoms with E-state index in [1.54, 1.807) is 12.4 Å². The van der Waals surface area contributed by atoms with E-state index in [0.717, 1.165) is 56.8 Å². The maximum absolute atomic E-state index is 13.6. The Hall–Kier alpha value is -2.24. The SMILES string of the molecule is O=C1N(Cc2ccncc2)c2ccccc2C12CCN([C@H]1CCOC1)CC2. The van der Waals surface area contributed by atoms with Crippen molar-refractivity contribution in [1.29, 1.82) is 0 Å². The van der Waals surface area contributed by atoms with Crippen molar-refractivity contribution in [2.24, 2.45) is 0 Å². The number of hydrogen-bond acceptors (Lipinski definition) is 4. The van der Waals surface area contributed by atoms with Gasteiger partial charge in [0, 0.05) is 30.7 Å². The lowest BCUT2D eigenvalue weighted by Crippen LogP contribution is -2.51. The van der Waals surface area contributed by atoms with E-state index >= 15 is 0 Å². The highest BCUT2D eigenvalue weighted by Gasteiger charge is 2.52. The third kappa shape index (κ3) is 2.77. The Kier molecular flexibility index (Phi) is 4.21. The number of hydrogen-bond donors (Lipinski definition) is 0. The van der Waals surface area contributed by atoms with Gasteiger partial charge in [0.15, 0.2) is 0 Å². The quantitative estimate of drug-likeness (QED) is 0.841. The summed E-state index contributed by atoms with van der Waals surface area (Å²) in [6, 6.07) is 12.9. The average molecular weight is 363 g/mol. The number of amides is 1. The summed E-state index contributed by atoms with van der Waals surface area (Å²) < 4.78 is 5.57. The van der Waals surface area contributed by atoms with Gasteiger partial charge >= 0.3 is 0 Å². The molecule has 1 aromatic carbocycles. The molecule has 3 aliphatic rings. The fraction of sp³-hybridized carbons (Fsp3) is 0.455. The number of nitrogens with zero attached hydrogens (tertiary/aromatic N) is 3. The molecule has 5 heteroatoms. The summed E-state index contributed by atoms with van der Waals surface area (Å²) in [6.45, 7) is 4.26. The fourth-order valence-corrected chi connectivity index (χ4v) is 4.99. The van der Waals surface area contributed by atoms with Crippen molar-refractivity contribution in [1.82, 2.24) is 9.88 Å². The van der Waals surface area contributed by atoms with Crippen molar-refractivity contribution in [3.05, 3.63) is 59.9 Å². The molecule has 140 valence electrons. The molecular weight excluding hydrogens is 338 g/mol. The van der Waals surface area contributed by atoms with E-state index in [2.05, 4.69) is 28.1 Å². The van der Waals surface area contributed by atoms with Gasteiger partial charge in [0.05, 0.1) is 18.6 Å². The second kappa shape index (κ2) is 6.73. The largest absolute Gasteiger partial charge is 0.380 e. The number of aromatic nitrogens is 1. The van der Waals surface area contributed by atoms with E-state index in [-0.39, 0.29) is 11.3 Å². The van der Waals surface area contributed by atoms with Gasteiger partial charge < -0.3 is 9.64 Å². The molecule has 4 heterocycles. The maximum atomic E-state index is 13.6. The van der Waals surface area contributed by atoms with E-state index in [0.29, 0.717) is 12.6 Å². The molecule has 0 N–H and O–H groups in total. The molecule has 1 spiro atoms. The molecule has 1 aromatic heterocycles. The van der Waals surface area contributed by atoms with Gasteiger partial charge in [0.1, 0.15) is 0 Å². The van der Waals surface area contributed by atoms with Crippen molar-refractivity contribution in [2.75, 3.05) is 31.2 Å². The summed E-state index contributed by atoms with van der Waals surface area (Å²) in [5.74, 6) is 0.267. The maximum Gasteiger partial charge on any atom is 0.238 e. The van der Waals surface area contributed by atoms with E-state index in [4.69, 9.17) is 4.74 Å². The van der Waals surface area contributed by atoms with Crippen molar-refractivity contribution >= 4 is 11.6 Å². The molecule has 5 nitrogen and oxygen atoms in total. The highest BCUT2D eigenvalue weighted by atomic mass is 16.5. The monoisotopic (exact) mass is 363 g/mol. The van der Waals surface area contributed by atoms with E-state index in [1.165, 1.54) is 5.56 Å². The minimum Gasteiger partial charge on any atom is -0.380 e. The first kappa shape index (κ1) is 16.9. The zero-order chi connectivity index (χ0) is 18.3. The predicted molar refractivity (Wildman–Crippen MR) is 104 cm³/mol. The Morgan fingerprint density at radius 2 is 1.89 bits per heavy atom. The number of ether oxygens (including phenoxy) is 1. The molecule has 1 amide bonds. The number of piperidine rings is 1. The first-order valence-corrected chi connectivity index (χ1v) is 9.90. The van der Waals surface area contributed by atoms with Gasteiger partial charge in [-0.05, 0) is 61.7 Å². The number of likely N-dealkylation sites (tertiary alicyclic amines) is 1. The Morgan fingerprint density at radius 1 is 1.11 bits per heavy atom. The van der Waals surface area contributed by atoms with Crippen LogP contribution in [0, 0.1) is 0 Å². The molecule has 0 radical (unpaired) electrons. The standard InChI is InChI=1S/C22H25N3O2/c26-21-22(8-12-24(13-9-22)18-7-14-27-16-18)19-3-1-2-4-20(19)25(21)15-17-5-10-23-11-6-17/h1-6,10-11,18H,7-9,12-16H2/t18-/m0/s1. The molecule has 2 aromatic rings. The van der Waals surface area contributed by atoms with Gasteiger partial charge in [0.25, 0.3) is 0 Å². The van der Waals surface area contributed by atoms with Crippen LogP contribution in [0.2, 0.25) is 0 Å². The zero-order valence-corrected chi connectivity index (χ0v) is 15.5. The smallest absolute Gasteiger partial charge is 0.238 e. The van der Waals surface area contributed by atoms with Crippen LogP contribution in [-0.4, -0.2) is 48.1 Å². The second-order valence-electron chi connectivity index (χ2n) is 7.90. The molecule has 2 saturated heterocycles. The summed E-state index contributed by atoms with van der Waals surface area (Å²) in [6.07, 6.45) is 6.49. The Labute approximate surface area is 159 Å². The zero-order valence-electron chi connectivity index (χ0n) is 15.5. The normalized spacial score (nSPS) is 24.5. The van der Waals surface area contributed by atoms with Crippen LogP contribution in [0.5, 0.6) is 0 Å². The number of fused-ring (bicyclic) bond motifs is 2. The lowest BCUT2D eigenvalue weighted by Gasteiger charge is -2.40. The van der Waals surface area contributed by atoms with Crippen molar-refractivity contribution in [2.45, 2.75) is 37.3 Å². The molecule has 0 bridgehead atoms. The number of benzene rings is 1. The first-order valence-electron chi connectivity index (χ1n) is 9.90. The van der Waals surface area contributed by atoms with Gasteiger partial charge in [-0.1, -0.05) is 18.2 Å². The van der Waals surface area contributed by atoms with E-state index in [1.807, 2.05) is 23.1 Å². The number of rotatable bonds is 3. The minimum atomic E-state index is -0.362. The summed E-state index contributed by atoms with van der Waals surface area (Å²) in [4.78, 5) is 22.2. The summed E-state index contributed by atoms with van der Waals surface area (Å²) in [5, 5.41) is 0. The molecule has 0 saturated carbocycles. The molecule has 27 heavy (non-hydrogen) atoms. The lowest BCUT2D eigenvalue weighted by atomic mass is 9.73. The molecule has 0 unspecified atom stereocenters. The molecule has 1 atom stereocenters. The van der Waals surface area contributed by atoms with Crippen LogP contribution in [0.4, 0.5) is 5.69 Å². The molecule has 3 aliphatic heterocycles. The number of anilines is 1. The van der Waals surface area contributed by atoms with Crippen LogP contribution < -0.4 is 4.90 Å². The second-order valence-corrected chi connectivity index (χ2v) is 7.90. The van der Waals surface area contributed by atoms with Gasteiger partial charge in [-0.25, -0.2) is 0 Å². The summed E-state index contributed by atoms with van der Waals surface area (Å²) in [5.41, 5.74) is 3.05. The van der Waals surface area contributed by atoms with Gasteiger partial charge in [-0.3, -0.25) is 14.7 Å². The highest BCUT2D eigenvalue weighted by molar-refractivity contribution is 6.08. The van der Waals surface area contributed by atoms with Crippen molar-refractivity contribution < 1.29 is 9.53 Å². The highest BCUT2D eigenvalue weighted by Crippen LogP contribution is 2.48. The van der Waals surface area contributed by atoms with Gasteiger partial charge in [-0.2, -0.15) is 0 Å². The van der Waals surface area contributed by atoms with Gasteiger partial charge in [-0.15, -0.1) is 0 Å². The van der Waals surface area contributed by atoms with Crippen LogP contribution in [-0.2, 0) is 21.5 Å². The Balaban J connectivity index is 1.43. The molecular formula is C22H25N3O2. The van der Waals surface area contributed by atoms with Crippen LogP contribution in [0.1, 0.15) is 30.4 Å². The van der Waals surface area contributed by atoms with Crippen LogP contribution in [0.25, 0.3) is 0 Å². The number of pyridine rings is 1.